The van der Waals surface area contributed by atoms with E-state index >= 15 is 0 Å². The van der Waals surface area contributed by atoms with Gasteiger partial charge < -0.3 is 5.73 Å². The first-order valence-electron chi connectivity index (χ1n) is 9.78. The molecular weight excluding hydrogens is 381 g/mol. The number of benzene rings is 1. The van der Waals surface area contributed by atoms with Gasteiger partial charge in [0.2, 0.25) is 0 Å². The lowest BCUT2D eigenvalue weighted by Gasteiger charge is -2.46. The predicted molar refractivity (Wildman–Crippen MR) is 90.9 cm³/mol. The number of hydrogen-bond acceptors (Lipinski definition) is 4. The fourth-order valence-corrected chi connectivity index (χ4v) is 4.12. The molecule has 2 aliphatic rings. The molecule has 10 heteroatoms. The van der Waals surface area contributed by atoms with Gasteiger partial charge in [0.1, 0.15) is 11.6 Å². The molecule has 3 atom stereocenters. The molecule has 1 aromatic carbocycles. The standard InChI is InChI=1S/C18H20F5N5/c19-11-1-2-14(20)13(3-11)17-15(24)4-12(7-28(17)9-18(21,22)23)27-6-10-5-25-26-16(10)8-27/h1-3,5,12,15,17H,4,6-9,24H2,(H,25,26)/t12-,15+,17-/m1/s1/i9D2. The van der Waals surface area contributed by atoms with Crippen molar-refractivity contribution < 1.29 is 24.7 Å². The van der Waals surface area contributed by atoms with Gasteiger partial charge in [0.05, 0.1) is 27.2 Å². The number of likely N-dealkylation sites (tertiary alicyclic amines) is 1. The third-order valence-corrected chi connectivity index (χ3v) is 5.30. The lowest BCUT2D eigenvalue weighted by atomic mass is 9.87. The third kappa shape index (κ3) is 3.76. The van der Waals surface area contributed by atoms with Gasteiger partial charge in [-0.05, 0) is 24.6 Å². The van der Waals surface area contributed by atoms with Crippen molar-refractivity contribution in [1.29, 1.82) is 0 Å². The van der Waals surface area contributed by atoms with E-state index in [-0.39, 0.29) is 18.5 Å². The van der Waals surface area contributed by atoms with Crippen LogP contribution in [0.15, 0.2) is 24.4 Å². The van der Waals surface area contributed by atoms with E-state index < -0.39 is 42.4 Å². The van der Waals surface area contributed by atoms with Gasteiger partial charge in [-0.25, -0.2) is 8.78 Å². The monoisotopic (exact) mass is 403 g/mol. The van der Waals surface area contributed by atoms with Crippen LogP contribution < -0.4 is 5.73 Å². The summed E-state index contributed by atoms with van der Waals surface area (Å²) in [4.78, 5) is 2.41. The third-order valence-electron chi connectivity index (χ3n) is 5.30. The van der Waals surface area contributed by atoms with E-state index in [1.165, 1.54) is 0 Å². The molecule has 1 saturated heterocycles. The summed E-state index contributed by atoms with van der Waals surface area (Å²) >= 11 is 0. The normalized spacial score (nSPS) is 28.1. The van der Waals surface area contributed by atoms with Crippen LogP contribution in [0.1, 0.15) is 32.0 Å². The van der Waals surface area contributed by atoms with Crippen LogP contribution in [0.3, 0.4) is 0 Å². The molecule has 3 heterocycles. The predicted octanol–water partition coefficient (Wildman–Crippen LogP) is 2.71. The quantitative estimate of drug-likeness (QED) is 0.774. The summed E-state index contributed by atoms with van der Waals surface area (Å²) in [6.45, 7) is -3.29. The Morgan fingerprint density at radius 3 is 2.79 bits per heavy atom. The first kappa shape index (κ1) is 16.9. The van der Waals surface area contributed by atoms with Crippen molar-refractivity contribution in [2.45, 2.75) is 43.8 Å². The number of aromatic amines is 1. The zero-order chi connectivity index (χ0) is 21.8. The largest absolute Gasteiger partial charge is 0.401 e. The Labute approximate surface area is 161 Å². The van der Waals surface area contributed by atoms with Crippen molar-refractivity contribution in [1.82, 2.24) is 20.0 Å². The van der Waals surface area contributed by atoms with Gasteiger partial charge in [-0.1, -0.05) is 0 Å². The van der Waals surface area contributed by atoms with Crippen molar-refractivity contribution in [3.05, 3.63) is 52.9 Å². The number of nitrogens with two attached hydrogens (primary N) is 1. The van der Waals surface area contributed by atoms with Crippen LogP contribution in [-0.4, -0.2) is 51.3 Å². The van der Waals surface area contributed by atoms with E-state index in [0.717, 1.165) is 29.5 Å². The minimum absolute atomic E-state index is 0.197. The maximum Gasteiger partial charge on any atom is 0.401 e. The first-order chi connectivity index (χ1) is 14.0. The van der Waals surface area contributed by atoms with Crippen LogP contribution in [0.4, 0.5) is 22.0 Å². The van der Waals surface area contributed by atoms with Crippen molar-refractivity contribution in [3.8, 4) is 0 Å². The summed E-state index contributed by atoms with van der Waals surface area (Å²) in [5.74, 6) is -1.76. The van der Waals surface area contributed by atoms with Crippen LogP contribution in [0, 0.1) is 11.6 Å². The SMILES string of the molecule is [2H]C([2H])(N1C[C@H](N2Cc3cn[nH]c3C2)C[C@H](N)[C@H]1c1cc(F)ccc1F)C(F)(F)F. The molecule has 0 amide bonds. The minimum Gasteiger partial charge on any atom is -0.326 e. The van der Waals surface area contributed by atoms with Crippen molar-refractivity contribution in [2.75, 3.05) is 13.0 Å². The van der Waals surface area contributed by atoms with Gasteiger partial charge in [-0.2, -0.15) is 18.3 Å². The average molecular weight is 403 g/mol. The second-order valence-corrected chi connectivity index (χ2v) is 7.20. The number of halogens is 5. The molecule has 0 aliphatic carbocycles. The molecule has 0 saturated carbocycles. The number of nitrogens with one attached hydrogen (secondary N) is 1. The molecule has 0 radical (unpaired) electrons. The molecule has 5 nitrogen and oxygen atoms in total. The lowest BCUT2D eigenvalue weighted by Crippen LogP contribution is -2.57. The number of fused-ring (bicyclic) bond motifs is 1. The molecule has 0 unspecified atom stereocenters. The summed E-state index contributed by atoms with van der Waals surface area (Å²) in [5.41, 5.74) is 7.55. The molecule has 1 fully saturated rings. The Morgan fingerprint density at radius 2 is 2.07 bits per heavy atom. The highest BCUT2D eigenvalue weighted by Gasteiger charge is 2.44. The Hall–Kier alpha value is -2.04. The molecule has 2 aliphatic heterocycles. The zero-order valence-corrected chi connectivity index (χ0v) is 14.7. The van der Waals surface area contributed by atoms with Gasteiger partial charge in [0.25, 0.3) is 0 Å². The fraction of sp³-hybridized carbons (Fsp3) is 0.500. The van der Waals surface area contributed by atoms with Gasteiger partial charge in [0, 0.05) is 42.8 Å². The Kier molecular flexibility index (Phi) is 4.27. The molecule has 4 rings (SSSR count). The van der Waals surface area contributed by atoms with Crippen molar-refractivity contribution >= 4 is 0 Å². The highest BCUT2D eigenvalue weighted by Crippen LogP contribution is 2.37. The Morgan fingerprint density at radius 1 is 1.29 bits per heavy atom. The van der Waals surface area contributed by atoms with E-state index in [9.17, 15) is 22.0 Å². The average Bonchev–Trinajstić information content (AvgIpc) is 3.24. The van der Waals surface area contributed by atoms with E-state index in [0.29, 0.717) is 18.0 Å². The molecule has 2 aromatic rings. The van der Waals surface area contributed by atoms with E-state index in [2.05, 4.69) is 10.2 Å². The smallest absolute Gasteiger partial charge is 0.326 e. The summed E-state index contributed by atoms with van der Waals surface area (Å²) in [6, 6.07) is -0.585. The highest BCUT2D eigenvalue weighted by atomic mass is 19.4. The topological polar surface area (TPSA) is 61.2 Å². The summed E-state index contributed by atoms with van der Waals surface area (Å²) < 4.78 is 84.7. The lowest BCUT2D eigenvalue weighted by molar-refractivity contribution is -0.158. The number of piperidine rings is 1. The summed E-state index contributed by atoms with van der Waals surface area (Å²) in [6.07, 6.45) is -3.42. The van der Waals surface area contributed by atoms with Crippen LogP contribution in [0.2, 0.25) is 0 Å². The van der Waals surface area contributed by atoms with Gasteiger partial charge in [0.15, 0.2) is 0 Å². The number of nitrogens with zero attached hydrogens (tertiary/aromatic N) is 3. The van der Waals surface area contributed by atoms with Gasteiger partial charge in [-0.3, -0.25) is 14.9 Å². The number of hydrogen-bond donors (Lipinski definition) is 2. The van der Waals surface area contributed by atoms with E-state index in [1.54, 1.807) is 6.20 Å². The van der Waals surface area contributed by atoms with Crippen molar-refractivity contribution in [2.24, 2.45) is 5.73 Å². The number of H-pyrrole nitrogens is 1. The van der Waals surface area contributed by atoms with E-state index in [1.807, 2.05) is 4.90 Å². The molecule has 0 bridgehead atoms. The van der Waals surface area contributed by atoms with Crippen LogP contribution in [-0.2, 0) is 13.1 Å². The van der Waals surface area contributed by atoms with Crippen molar-refractivity contribution in [3.63, 3.8) is 0 Å². The van der Waals surface area contributed by atoms with E-state index in [4.69, 9.17) is 8.48 Å². The Balaban J connectivity index is 1.70. The maximum atomic E-state index is 14.4. The Bertz CT molecular complexity index is 913. The maximum absolute atomic E-state index is 14.4. The number of aromatic nitrogens is 2. The summed E-state index contributed by atoms with van der Waals surface area (Å²) in [7, 11) is 0. The second kappa shape index (κ2) is 7.09. The van der Waals surface area contributed by atoms with Crippen LogP contribution in [0.25, 0.3) is 0 Å². The second-order valence-electron chi connectivity index (χ2n) is 7.20. The zero-order valence-electron chi connectivity index (χ0n) is 16.7. The highest BCUT2D eigenvalue weighted by molar-refractivity contribution is 5.26. The van der Waals surface area contributed by atoms with Crippen LogP contribution >= 0.6 is 0 Å². The first-order valence-corrected chi connectivity index (χ1v) is 8.78. The number of alkyl halides is 3. The molecular formula is C18H20F5N5. The molecule has 152 valence electrons. The van der Waals surface area contributed by atoms with Gasteiger partial charge in [-0.15, -0.1) is 0 Å². The fourth-order valence-electron chi connectivity index (χ4n) is 4.12. The van der Waals surface area contributed by atoms with Gasteiger partial charge >= 0.3 is 6.18 Å². The summed E-state index contributed by atoms with van der Waals surface area (Å²) in [5, 5.41) is 6.75. The van der Waals surface area contributed by atoms with Crippen LogP contribution in [0.5, 0.6) is 0 Å². The minimum atomic E-state index is -5.25. The number of rotatable bonds is 3. The molecule has 1 aromatic heterocycles. The molecule has 3 N–H and O–H groups in total. The molecule has 0 spiro atoms. The molecule has 28 heavy (non-hydrogen) atoms.